The van der Waals surface area contributed by atoms with E-state index in [-0.39, 0.29) is 11.4 Å². The molecule has 0 radical (unpaired) electrons. The first-order valence-corrected chi connectivity index (χ1v) is 11.1. The van der Waals surface area contributed by atoms with Crippen LogP contribution in [-0.4, -0.2) is 27.0 Å². The van der Waals surface area contributed by atoms with Crippen LogP contribution in [0.25, 0.3) is 17.4 Å². The molecule has 0 aliphatic carbocycles. The SMILES string of the molecule is CCCCCC1=NN2C(=N)C(=Cc3ccc(-c4cc(Cl)ccc4Cl)o3)C(=O)N=C2S1. The van der Waals surface area contributed by atoms with Gasteiger partial charge in [-0.15, -0.1) is 0 Å². The molecular formula is C21H18Cl2N4O2S. The Morgan fingerprint density at radius 1 is 1.23 bits per heavy atom. The fourth-order valence-corrected chi connectivity index (χ4v) is 4.37. The Morgan fingerprint density at radius 3 is 2.87 bits per heavy atom. The molecule has 1 amide bonds. The zero-order chi connectivity index (χ0) is 21.3. The summed E-state index contributed by atoms with van der Waals surface area (Å²) in [5.74, 6) is 0.428. The first kappa shape index (κ1) is 20.9. The molecule has 9 heteroatoms. The standard InChI is InChI=1S/C21H18Cl2N4O2S/c1-2-3-4-5-18-26-27-19(24)15(20(28)25-21(27)30-18)11-13-7-9-17(29-13)14-10-12(22)6-8-16(14)23/h6-11,24H,2-5H2,1H3. The maximum atomic E-state index is 12.5. The van der Waals surface area contributed by atoms with Gasteiger partial charge in [-0.2, -0.15) is 15.1 Å². The highest BCUT2D eigenvalue weighted by molar-refractivity contribution is 8.26. The number of carbonyl (C=O) groups is 1. The largest absolute Gasteiger partial charge is 0.457 e. The molecule has 0 saturated heterocycles. The van der Waals surface area contributed by atoms with Gasteiger partial charge in [-0.25, -0.2) is 0 Å². The van der Waals surface area contributed by atoms with Crippen molar-refractivity contribution >= 4 is 63.0 Å². The normalized spacial score (nSPS) is 17.4. The van der Waals surface area contributed by atoms with Crippen LogP contribution in [-0.2, 0) is 4.79 Å². The Bertz CT molecular complexity index is 1120. The van der Waals surface area contributed by atoms with Gasteiger partial charge in [0.25, 0.3) is 5.91 Å². The number of furan rings is 1. The third kappa shape index (κ3) is 4.24. The van der Waals surface area contributed by atoms with Crippen LogP contribution in [0.4, 0.5) is 0 Å². The van der Waals surface area contributed by atoms with E-state index in [1.807, 2.05) is 0 Å². The van der Waals surface area contributed by atoms with Crippen molar-refractivity contribution in [3.8, 4) is 11.3 Å². The van der Waals surface area contributed by atoms with Crippen LogP contribution in [0.3, 0.4) is 0 Å². The van der Waals surface area contributed by atoms with Crippen molar-refractivity contribution in [2.75, 3.05) is 0 Å². The highest BCUT2D eigenvalue weighted by Crippen LogP contribution is 2.33. The molecule has 2 aliphatic heterocycles. The molecular weight excluding hydrogens is 443 g/mol. The number of hydrogen-bond donors (Lipinski definition) is 1. The third-order valence-electron chi connectivity index (χ3n) is 4.60. The molecule has 0 atom stereocenters. The fraction of sp³-hybridized carbons (Fsp3) is 0.238. The minimum atomic E-state index is -0.484. The summed E-state index contributed by atoms with van der Waals surface area (Å²) < 4.78 is 5.83. The maximum Gasteiger partial charge on any atom is 0.283 e. The van der Waals surface area contributed by atoms with Crippen molar-refractivity contribution in [3.05, 3.63) is 51.7 Å². The van der Waals surface area contributed by atoms with Gasteiger partial charge in [-0.3, -0.25) is 10.2 Å². The molecule has 0 spiro atoms. The summed E-state index contributed by atoms with van der Waals surface area (Å²) in [7, 11) is 0. The van der Waals surface area contributed by atoms with Crippen LogP contribution in [0.15, 0.2) is 50.4 Å². The van der Waals surface area contributed by atoms with Crippen molar-refractivity contribution in [1.82, 2.24) is 5.01 Å². The van der Waals surface area contributed by atoms with E-state index in [0.717, 1.165) is 30.7 Å². The Hall–Kier alpha value is -2.35. The average molecular weight is 461 g/mol. The van der Waals surface area contributed by atoms with Crippen molar-refractivity contribution in [1.29, 1.82) is 5.41 Å². The van der Waals surface area contributed by atoms with Crippen molar-refractivity contribution < 1.29 is 9.21 Å². The number of benzene rings is 1. The van der Waals surface area contributed by atoms with E-state index in [1.165, 1.54) is 22.8 Å². The first-order valence-electron chi connectivity index (χ1n) is 9.50. The molecule has 0 fully saturated rings. The van der Waals surface area contributed by atoms with E-state index in [2.05, 4.69) is 17.0 Å². The third-order valence-corrected chi connectivity index (χ3v) is 6.13. The number of fused-ring (bicyclic) bond motifs is 1. The summed E-state index contributed by atoms with van der Waals surface area (Å²) in [5.41, 5.74) is 0.771. The number of unbranched alkanes of at least 4 members (excludes halogenated alkanes) is 2. The Balaban J connectivity index is 1.58. The molecule has 0 unspecified atom stereocenters. The Morgan fingerprint density at radius 2 is 2.07 bits per heavy atom. The summed E-state index contributed by atoms with van der Waals surface area (Å²) in [5, 5.41) is 16.7. The molecule has 154 valence electrons. The molecule has 2 aromatic rings. The van der Waals surface area contributed by atoms with Crippen LogP contribution in [0.5, 0.6) is 0 Å². The summed E-state index contributed by atoms with van der Waals surface area (Å²) in [6, 6.07) is 8.54. The predicted octanol–water partition coefficient (Wildman–Crippen LogP) is 6.45. The van der Waals surface area contributed by atoms with Crippen molar-refractivity contribution in [2.45, 2.75) is 32.6 Å². The number of nitrogens with one attached hydrogen (secondary N) is 1. The van der Waals surface area contributed by atoms with E-state index in [1.54, 1.807) is 30.3 Å². The number of rotatable bonds is 6. The number of carbonyl (C=O) groups excluding carboxylic acids is 1. The average Bonchev–Trinajstić information content (AvgIpc) is 3.34. The molecule has 1 aromatic heterocycles. The Kier molecular flexibility index (Phi) is 6.13. The molecule has 0 saturated carbocycles. The minimum Gasteiger partial charge on any atom is -0.457 e. The molecule has 4 rings (SSSR count). The lowest BCUT2D eigenvalue weighted by Crippen LogP contribution is -2.35. The van der Waals surface area contributed by atoms with E-state index in [9.17, 15) is 4.79 Å². The molecule has 1 N–H and O–H groups in total. The number of hydrogen-bond acceptors (Lipinski definition) is 5. The van der Waals surface area contributed by atoms with E-state index in [0.29, 0.717) is 32.3 Å². The second-order valence-corrected chi connectivity index (χ2v) is 8.68. The number of aliphatic imine (C=N–C) groups is 1. The molecule has 2 aliphatic rings. The van der Waals surface area contributed by atoms with E-state index < -0.39 is 5.91 Å². The predicted molar refractivity (Wildman–Crippen MR) is 123 cm³/mol. The summed E-state index contributed by atoms with van der Waals surface area (Å²) in [6.45, 7) is 2.14. The van der Waals surface area contributed by atoms with Gasteiger partial charge in [0, 0.05) is 10.6 Å². The van der Waals surface area contributed by atoms with Gasteiger partial charge < -0.3 is 4.42 Å². The number of hydrazone groups is 1. The molecule has 1 aromatic carbocycles. The van der Waals surface area contributed by atoms with Crippen LogP contribution >= 0.6 is 35.0 Å². The maximum absolute atomic E-state index is 12.5. The fourth-order valence-electron chi connectivity index (χ4n) is 3.06. The van der Waals surface area contributed by atoms with Gasteiger partial charge in [0.2, 0.25) is 5.17 Å². The van der Waals surface area contributed by atoms with Crippen LogP contribution in [0, 0.1) is 5.41 Å². The van der Waals surface area contributed by atoms with Crippen LogP contribution in [0.1, 0.15) is 38.4 Å². The molecule has 0 bridgehead atoms. The lowest BCUT2D eigenvalue weighted by Gasteiger charge is -2.19. The Labute approximate surface area is 188 Å². The minimum absolute atomic E-state index is 0.0123. The van der Waals surface area contributed by atoms with Crippen LogP contribution < -0.4 is 0 Å². The van der Waals surface area contributed by atoms with Gasteiger partial charge in [0.1, 0.15) is 16.6 Å². The van der Waals surface area contributed by atoms with Crippen molar-refractivity contribution in [3.63, 3.8) is 0 Å². The van der Waals surface area contributed by atoms with Gasteiger partial charge in [0.05, 0.1) is 10.6 Å². The van der Waals surface area contributed by atoms with E-state index >= 15 is 0 Å². The monoisotopic (exact) mass is 460 g/mol. The zero-order valence-corrected chi connectivity index (χ0v) is 18.4. The van der Waals surface area contributed by atoms with Gasteiger partial charge in [-0.1, -0.05) is 43.0 Å². The molecule has 6 nitrogen and oxygen atoms in total. The number of nitrogens with zero attached hydrogens (tertiary/aromatic N) is 3. The topological polar surface area (TPSA) is 82.0 Å². The summed E-state index contributed by atoms with van der Waals surface area (Å²) >= 11 is 13.6. The highest BCUT2D eigenvalue weighted by Gasteiger charge is 2.35. The molecule has 30 heavy (non-hydrogen) atoms. The second kappa shape index (κ2) is 8.79. The van der Waals surface area contributed by atoms with Gasteiger partial charge >= 0.3 is 0 Å². The lowest BCUT2D eigenvalue weighted by molar-refractivity contribution is -0.114. The number of thioether (sulfide) groups is 1. The first-order chi connectivity index (χ1) is 14.5. The zero-order valence-electron chi connectivity index (χ0n) is 16.1. The lowest BCUT2D eigenvalue weighted by atomic mass is 10.1. The number of amides is 1. The summed E-state index contributed by atoms with van der Waals surface area (Å²) in [4.78, 5) is 16.6. The summed E-state index contributed by atoms with van der Waals surface area (Å²) in [6.07, 6.45) is 5.58. The second-order valence-electron chi connectivity index (χ2n) is 6.80. The van der Waals surface area contributed by atoms with Crippen molar-refractivity contribution in [2.24, 2.45) is 10.1 Å². The van der Waals surface area contributed by atoms with E-state index in [4.69, 9.17) is 33.0 Å². The number of halogens is 2. The van der Waals surface area contributed by atoms with Crippen LogP contribution in [0.2, 0.25) is 10.0 Å². The van der Waals surface area contributed by atoms with Gasteiger partial charge in [-0.05, 0) is 61.0 Å². The smallest absolute Gasteiger partial charge is 0.283 e. The quantitative estimate of drug-likeness (QED) is 0.396. The molecule has 3 heterocycles. The number of amidine groups is 2. The van der Waals surface area contributed by atoms with Gasteiger partial charge in [0.15, 0.2) is 5.84 Å². The highest BCUT2D eigenvalue weighted by atomic mass is 35.5.